The fourth-order valence-electron chi connectivity index (χ4n) is 1.27. The van der Waals surface area contributed by atoms with Gasteiger partial charge in [-0.1, -0.05) is 12.1 Å². The van der Waals surface area contributed by atoms with Gasteiger partial charge in [0.1, 0.15) is 5.82 Å². The summed E-state index contributed by atoms with van der Waals surface area (Å²) >= 11 is 1.62. The molecule has 0 radical (unpaired) electrons. The van der Waals surface area contributed by atoms with E-state index in [2.05, 4.69) is 4.98 Å². The summed E-state index contributed by atoms with van der Waals surface area (Å²) < 4.78 is 12.7. The number of aromatic nitrogens is 1. The van der Waals surface area contributed by atoms with Crippen molar-refractivity contribution in [1.29, 1.82) is 0 Å². The standard InChI is InChI=1S/C12H11FN2S/c13-10-3-1-9(2-4-10)8-16-12-5-6-15-7-11(12)14/h1-7H,8,14H2. The van der Waals surface area contributed by atoms with Gasteiger partial charge in [-0.3, -0.25) is 4.98 Å². The molecule has 0 unspecified atom stereocenters. The Kier molecular flexibility index (Phi) is 3.41. The molecule has 0 aliphatic heterocycles. The molecule has 0 saturated carbocycles. The molecule has 0 bridgehead atoms. The highest BCUT2D eigenvalue weighted by molar-refractivity contribution is 7.98. The van der Waals surface area contributed by atoms with Gasteiger partial charge in [0.2, 0.25) is 0 Å². The van der Waals surface area contributed by atoms with Crippen LogP contribution in [0.2, 0.25) is 0 Å². The zero-order chi connectivity index (χ0) is 11.4. The number of thioether (sulfide) groups is 1. The Bertz CT molecular complexity index is 471. The quantitative estimate of drug-likeness (QED) is 0.829. The second kappa shape index (κ2) is 4.99. The first kappa shape index (κ1) is 11.0. The van der Waals surface area contributed by atoms with Crippen LogP contribution in [-0.4, -0.2) is 4.98 Å². The summed E-state index contributed by atoms with van der Waals surface area (Å²) in [6.45, 7) is 0. The number of pyridine rings is 1. The van der Waals surface area contributed by atoms with Crippen molar-refractivity contribution in [2.45, 2.75) is 10.6 Å². The first-order valence-electron chi connectivity index (χ1n) is 4.82. The largest absolute Gasteiger partial charge is 0.397 e. The third kappa shape index (κ3) is 2.73. The first-order chi connectivity index (χ1) is 7.75. The van der Waals surface area contributed by atoms with Gasteiger partial charge in [-0.05, 0) is 23.8 Å². The number of anilines is 1. The van der Waals surface area contributed by atoms with E-state index in [-0.39, 0.29) is 5.82 Å². The molecule has 1 aromatic carbocycles. The maximum absolute atomic E-state index is 12.7. The van der Waals surface area contributed by atoms with Crippen molar-refractivity contribution in [3.05, 3.63) is 54.1 Å². The molecule has 0 saturated heterocycles. The highest BCUT2D eigenvalue weighted by Crippen LogP contribution is 2.26. The fraction of sp³-hybridized carbons (Fsp3) is 0.0833. The molecule has 1 aromatic heterocycles. The zero-order valence-corrected chi connectivity index (χ0v) is 9.38. The molecule has 0 fully saturated rings. The van der Waals surface area contributed by atoms with E-state index in [9.17, 15) is 4.39 Å². The normalized spacial score (nSPS) is 10.3. The average molecular weight is 234 g/mol. The van der Waals surface area contributed by atoms with Gasteiger partial charge in [-0.25, -0.2) is 4.39 Å². The predicted molar refractivity (Wildman–Crippen MR) is 64.6 cm³/mol. The van der Waals surface area contributed by atoms with Crippen molar-refractivity contribution in [3.63, 3.8) is 0 Å². The molecule has 82 valence electrons. The molecular formula is C12H11FN2S. The van der Waals surface area contributed by atoms with Crippen LogP contribution in [0.4, 0.5) is 10.1 Å². The van der Waals surface area contributed by atoms with Crippen LogP contribution in [-0.2, 0) is 5.75 Å². The zero-order valence-electron chi connectivity index (χ0n) is 8.56. The van der Waals surface area contributed by atoms with Crippen molar-refractivity contribution in [1.82, 2.24) is 4.98 Å². The number of rotatable bonds is 3. The van der Waals surface area contributed by atoms with Crippen molar-refractivity contribution in [2.75, 3.05) is 5.73 Å². The van der Waals surface area contributed by atoms with Gasteiger partial charge in [0, 0.05) is 16.8 Å². The molecular weight excluding hydrogens is 223 g/mol. The van der Waals surface area contributed by atoms with Crippen molar-refractivity contribution in [3.8, 4) is 0 Å². The lowest BCUT2D eigenvalue weighted by Gasteiger charge is -2.04. The SMILES string of the molecule is Nc1cnccc1SCc1ccc(F)cc1. The van der Waals surface area contributed by atoms with Gasteiger partial charge >= 0.3 is 0 Å². The molecule has 2 aromatic rings. The minimum Gasteiger partial charge on any atom is -0.397 e. The van der Waals surface area contributed by atoms with E-state index in [0.29, 0.717) is 5.69 Å². The number of nitrogen functional groups attached to an aromatic ring is 1. The minimum absolute atomic E-state index is 0.211. The lowest BCUT2D eigenvalue weighted by Crippen LogP contribution is -1.89. The Balaban J connectivity index is 2.02. The maximum Gasteiger partial charge on any atom is 0.123 e. The Labute approximate surface area is 97.7 Å². The number of halogens is 1. The summed E-state index contributed by atoms with van der Waals surface area (Å²) in [4.78, 5) is 4.92. The topological polar surface area (TPSA) is 38.9 Å². The Morgan fingerprint density at radius 3 is 2.62 bits per heavy atom. The van der Waals surface area contributed by atoms with Gasteiger partial charge in [-0.2, -0.15) is 0 Å². The van der Waals surface area contributed by atoms with Gasteiger partial charge in [0.05, 0.1) is 11.9 Å². The Hall–Kier alpha value is -1.55. The van der Waals surface area contributed by atoms with Crippen LogP contribution in [0.15, 0.2) is 47.6 Å². The molecule has 2 rings (SSSR count). The summed E-state index contributed by atoms with van der Waals surface area (Å²) in [5, 5.41) is 0. The van der Waals surface area contributed by atoms with E-state index in [1.165, 1.54) is 12.1 Å². The van der Waals surface area contributed by atoms with Crippen LogP contribution in [0, 0.1) is 5.82 Å². The van der Waals surface area contributed by atoms with E-state index >= 15 is 0 Å². The molecule has 16 heavy (non-hydrogen) atoms. The van der Waals surface area contributed by atoms with Gasteiger partial charge < -0.3 is 5.73 Å². The van der Waals surface area contributed by atoms with Gasteiger partial charge in [0.25, 0.3) is 0 Å². The van der Waals surface area contributed by atoms with Crippen LogP contribution in [0.1, 0.15) is 5.56 Å². The number of nitrogens with zero attached hydrogens (tertiary/aromatic N) is 1. The lowest BCUT2D eigenvalue weighted by molar-refractivity contribution is 0.627. The summed E-state index contributed by atoms with van der Waals surface area (Å²) in [5.41, 5.74) is 7.51. The molecule has 0 aliphatic carbocycles. The lowest BCUT2D eigenvalue weighted by atomic mass is 10.2. The van der Waals surface area contributed by atoms with Gasteiger partial charge in [-0.15, -0.1) is 11.8 Å². The second-order valence-electron chi connectivity index (χ2n) is 3.33. The van der Waals surface area contributed by atoms with E-state index in [1.807, 2.05) is 6.07 Å². The molecule has 2 nitrogen and oxygen atoms in total. The van der Waals surface area contributed by atoms with Crippen molar-refractivity contribution >= 4 is 17.4 Å². The maximum atomic E-state index is 12.7. The molecule has 4 heteroatoms. The third-order valence-corrected chi connectivity index (χ3v) is 3.28. The van der Waals surface area contributed by atoms with Crippen molar-refractivity contribution < 1.29 is 4.39 Å². The van der Waals surface area contributed by atoms with E-state index < -0.39 is 0 Å². The summed E-state index contributed by atoms with van der Waals surface area (Å²) in [6.07, 6.45) is 3.34. The monoisotopic (exact) mass is 234 g/mol. The van der Waals surface area contributed by atoms with Crippen LogP contribution < -0.4 is 5.73 Å². The molecule has 0 spiro atoms. The molecule has 0 atom stereocenters. The molecule has 1 heterocycles. The molecule has 2 N–H and O–H groups in total. The predicted octanol–water partition coefficient (Wildman–Crippen LogP) is 3.10. The van der Waals surface area contributed by atoms with E-state index in [1.54, 1.807) is 36.3 Å². The summed E-state index contributed by atoms with van der Waals surface area (Å²) in [5.74, 6) is 0.561. The third-order valence-electron chi connectivity index (χ3n) is 2.12. The van der Waals surface area contributed by atoms with Crippen LogP contribution in [0.5, 0.6) is 0 Å². The Morgan fingerprint density at radius 2 is 1.94 bits per heavy atom. The van der Waals surface area contributed by atoms with Crippen LogP contribution >= 0.6 is 11.8 Å². The first-order valence-corrected chi connectivity index (χ1v) is 5.81. The summed E-state index contributed by atoms with van der Waals surface area (Å²) in [6, 6.07) is 8.36. The number of hydrogen-bond donors (Lipinski definition) is 1. The van der Waals surface area contributed by atoms with Crippen LogP contribution in [0.25, 0.3) is 0 Å². The average Bonchev–Trinajstić information content (AvgIpc) is 2.30. The minimum atomic E-state index is -0.211. The second-order valence-corrected chi connectivity index (χ2v) is 4.35. The van der Waals surface area contributed by atoms with Gasteiger partial charge in [0.15, 0.2) is 0 Å². The van der Waals surface area contributed by atoms with E-state index in [4.69, 9.17) is 5.73 Å². The highest BCUT2D eigenvalue weighted by Gasteiger charge is 2.00. The number of hydrogen-bond acceptors (Lipinski definition) is 3. The van der Waals surface area contributed by atoms with Crippen molar-refractivity contribution in [2.24, 2.45) is 0 Å². The number of nitrogens with two attached hydrogens (primary N) is 1. The Morgan fingerprint density at radius 1 is 1.19 bits per heavy atom. The smallest absolute Gasteiger partial charge is 0.123 e. The summed E-state index contributed by atoms with van der Waals surface area (Å²) in [7, 11) is 0. The highest BCUT2D eigenvalue weighted by atomic mass is 32.2. The fourth-order valence-corrected chi connectivity index (χ4v) is 2.16. The molecule has 0 amide bonds. The van der Waals surface area contributed by atoms with Crippen LogP contribution in [0.3, 0.4) is 0 Å². The van der Waals surface area contributed by atoms with E-state index in [0.717, 1.165) is 16.2 Å². The number of benzene rings is 1. The molecule has 0 aliphatic rings.